The summed E-state index contributed by atoms with van der Waals surface area (Å²) in [7, 11) is 0. The van der Waals surface area contributed by atoms with Gasteiger partial charge in [0.2, 0.25) is 0 Å². The summed E-state index contributed by atoms with van der Waals surface area (Å²) >= 11 is 0. The number of halogens is 1. The minimum Gasteiger partial charge on any atom is -0.326 e. The molecular weight excluding hydrogens is 255 g/mol. The minimum absolute atomic E-state index is 0.229. The molecule has 0 heterocycles. The fraction of sp³-hybridized carbons (Fsp3) is 0.188. The molecule has 0 saturated carbocycles. The van der Waals surface area contributed by atoms with Crippen molar-refractivity contribution in [1.82, 2.24) is 0 Å². The standard InChI is InChI=1S/C16H17FN2O/c1-2-19(15-9-4-3-8-14(15)17)16(20)13-7-5-6-12(10-13)11-18/h3-10H,2,11,18H2,1H3. The third-order valence-electron chi connectivity index (χ3n) is 3.11. The second kappa shape index (κ2) is 6.30. The average molecular weight is 272 g/mol. The molecule has 3 nitrogen and oxygen atoms in total. The van der Waals surface area contributed by atoms with E-state index in [1.54, 1.807) is 36.4 Å². The van der Waals surface area contributed by atoms with Crippen molar-refractivity contribution in [2.75, 3.05) is 11.4 Å². The van der Waals surface area contributed by atoms with Crippen LogP contribution in [0, 0.1) is 5.82 Å². The Bertz CT molecular complexity index is 613. The number of anilines is 1. The predicted octanol–water partition coefficient (Wildman–Crippen LogP) is 2.95. The zero-order chi connectivity index (χ0) is 14.5. The Hall–Kier alpha value is -2.20. The van der Waals surface area contributed by atoms with Gasteiger partial charge in [0, 0.05) is 18.7 Å². The van der Waals surface area contributed by atoms with Gasteiger partial charge in [0.15, 0.2) is 0 Å². The van der Waals surface area contributed by atoms with E-state index in [1.165, 1.54) is 11.0 Å². The Labute approximate surface area is 117 Å². The van der Waals surface area contributed by atoms with Gasteiger partial charge < -0.3 is 10.6 Å². The summed E-state index contributed by atoms with van der Waals surface area (Å²) in [5, 5.41) is 0. The quantitative estimate of drug-likeness (QED) is 0.930. The van der Waals surface area contributed by atoms with Crippen LogP contribution in [0.4, 0.5) is 10.1 Å². The Balaban J connectivity index is 2.36. The van der Waals surface area contributed by atoms with Crippen molar-refractivity contribution in [2.45, 2.75) is 13.5 Å². The highest BCUT2D eigenvalue weighted by molar-refractivity contribution is 6.06. The Morgan fingerprint density at radius 1 is 1.20 bits per heavy atom. The van der Waals surface area contributed by atoms with Crippen LogP contribution in [0.15, 0.2) is 48.5 Å². The van der Waals surface area contributed by atoms with Gasteiger partial charge >= 0.3 is 0 Å². The molecule has 4 heteroatoms. The number of nitrogens with zero attached hydrogens (tertiary/aromatic N) is 1. The van der Waals surface area contributed by atoms with E-state index in [1.807, 2.05) is 13.0 Å². The van der Waals surface area contributed by atoms with Crippen molar-refractivity contribution >= 4 is 11.6 Å². The fourth-order valence-electron chi connectivity index (χ4n) is 2.08. The lowest BCUT2D eigenvalue weighted by atomic mass is 10.1. The van der Waals surface area contributed by atoms with Gasteiger partial charge in [-0.15, -0.1) is 0 Å². The van der Waals surface area contributed by atoms with Crippen molar-refractivity contribution in [3.63, 3.8) is 0 Å². The summed E-state index contributed by atoms with van der Waals surface area (Å²) in [5.74, 6) is -0.634. The number of rotatable bonds is 4. The molecule has 0 saturated heterocycles. The molecule has 2 aromatic carbocycles. The lowest BCUT2D eigenvalue weighted by molar-refractivity contribution is 0.0987. The van der Waals surface area contributed by atoms with E-state index in [0.29, 0.717) is 18.7 Å². The first-order valence-corrected chi connectivity index (χ1v) is 6.52. The van der Waals surface area contributed by atoms with Gasteiger partial charge in [0.1, 0.15) is 5.82 Å². The van der Waals surface area contributed by atoms with E-state index < -0.39 is 5.82 Å². The molecule has 0 aromatic heterocycles. The molecule has 104 valence electrons. The van der Waals surface area contributed by atoms with E-state index in [4.69, 9.17) is 5.73 Å². The SMILES string of the molecule is CCN(C(=O)c1cccc(CN)c1)c1ccccc1F. The van der Waals surface area contributed by atoms with Crippen LogP contribution in [0.25, 0.3) is 0 Å². The van der Waals surface area contributed by atoms with Crippen LogP contribution in [0.1, 0.15) is 22.8 Å². The smallest absolute Gasteiger partial charge is 0.258 e. The number of carbonyl (C=O) groups is 1. The van der Waals surface area contributed by atoms with Gasteiger partial charge in [0.05, 0.1) is 5.69 Å². The van der Waals surface area contributed by atoms with Crippen molar-refractivity contribution in [2.24, 2.45) is 5.73 Å². The minimum atomic E-state index is -0.405. The molecule has 0 fully saturated rings. The number of hydrogen-bond acceptors (Lipinski definition) is 2. The number of para-hydroxylation sites is 1. The molecule has 0 aliphatic carbocycles. The first kappa shape index (κ1) is 14.2. The lowest BCUT2D eigenvalue weighted by Crippen LogP contribution is -2.31. The van der Waals surface area contributed by atoms with Crippen molar-refractivity contribution in [3.05, 3.63) is 65.5 Å². The maximum atomic E-state index is 13.8. The van der Waals surface area contributed by atoms with Gasteiger partial charge in [0.25, 0.3) is 5.91 Å². The molecule has 0 spiro atoms. The predicted molar refractivity (Wildman–Crippen MR) is 78.1 cm³/mol. The summed E-state index contributed by atoms with van der Waals surface area (Å²) in [6.45, 7) is 2.58. The topological polar surface area (TPSA) is 46.3 Å². The van der Waals surface area contributed by atoms with Crippen molar-refractivity contribution < 1.29 is 9.18 Å². The van der Waals surface area contributed by atoms with Gasteiger partial charge in [-0.2, -0.15) is 0 Å². The molecule has 2 rings (SSSR count). The molecule has 0 radical (unpaired) electrons. The first-order chi connectivity index (χ1) is 9.67. The molecular formula is C16H17FN2O. The molecule has 20 heavy (non-hydrogen) atoms. The largest absolute Gasteiger partial charge is 0.326 e. The zero-order valence-corrected chi connectivity index (χ0v) is 11.3. The van der Waals surface area contributed by atoms with Crippen LogP contribution >= 0.6 is 0 Å². The summed E-state index contributed by atoms with van der Waals surface area (Å²) in [6.07, 6.45) is 0. The number of hydrogen-bond donors (Lipinski definition) is 1. The normalized spacial score (nSPS) is 10.3. The van der Waals surface area contributed by atoms with Crippen LogP contribution < -0.4 is 10.6 Å². The molecule has 2 N–H and O–H groups in total. The van der Waals surface area contributed by atoms with Gasteiger partial charge in [-0.3, -0.25) is 4.79 Å². The van der Waals surface area contributed by atoms with Gasteiger partial charge in [-0.1, -0.05) is 24.3 Å². The van der Waals surface area contributed by atoms with E-state index in [-0.39, 0.29) is 11.6 Å². The Morgan fingerprint density at radius 3 is 2.60 bits per heavy atom. The summed E-state index contributed by atoms with van der Waals surface area (Å²) in [4.78, 5) is 13.9. The van der Waals surface area contributed by atoms with Crippen LogP contribution in [0.3, 0.4) is 0 Å². The molecule has 1 amide bonds. The summed E-state index contributed by atoms with van der Waals surface area (Å²) < 4.78 is 13.8. The molecule has 0 aliphatic heterocycles. The fourth-order valence-corrected chi connectivity index (χ4v) is 2.08. The van der Waals surface area contributed by atoms with Gasteiger partial charge in [-0.05, 0) is 36.8 Å². The van der Waals surface area contributed by atoms with Crippen molar-refractivity contribution in [1.29, 1.82) is 0 Å². The molecule has 0 unspecified atom stereocenters. The molecule has 2 aromatic rings. The van der Waals surface area contributed by atoms with Crippen LogP contribution in [0.5, 0.6) is 0 Å². The molecule has 0 atom stereocenters. The molecule has 0 bridgehead atoms. The first-order valence-electron chi connectivity index (χ1n) is 6.52. The maximum absolute atomic E-state index is 13.8. The Morgan fingerprint density at radius 2 is 1.95 bits per heavy atom. The zero-order valence-electron chi connectivity index (χ0n) is 11.3. The van der Waals surface area contributed by atoms with E-state index in [2.05, 4.69) is 0 Å². The van der Waals surface area contributed by atoms with Crippen LogP contribution in [0.2, 0.25) is 0 Å². The van der Waals surface area contributed by atoms with E-state index in [0.717, 1.165) is 5.56 Å². The van der Waals surface area contributed by atoms with E-state index >= 15 is 0 Å². The summed E-state index contributed by atoms with van der Waals surface area (Å²) in [5.41, 5.74) is 7.26. The lowest BCUT2D eigenvalue weighted by Gasteiger charge is -2.21. The number of carbonyl (C=O) groups excluding carboxylic acids is 1. The highest BCUT2D eigenvalue weighted by Gasteiger charge is 2.18. The number of nitrogens with two attached hydrogens (primary N) is 1. The van der Waals surface area contributed by atoms with Crippen LogP contribution in [-0.2, 0) is 6.54 Å². The highest BCUT2D eigenvalue weighted by Crippen LogP contribution is 2.21. The van der Waals surface area contributed by atoms with E-state index in [9.17, 15) is 9.18 Å². The second-order valence-corrected chi connectivity index (χ2v) is 4.41. The Kier molecular flexibility index (Phi) is 4.48. The average Bonchev–Trinajstić information content (AvgIpc) is 2.49. The maximum Gasteiger partial charge on any atom is 0.258 e. The third kappa shape index (κ3) is 2.86. The molecule has 0 aliphatic rings. The monoisotopic (exact) mass is 272 g/mol. The third-order valence-corrected chi connectivity index (χ3v) is 3.11. The number of amides is 1. The summed E-state index contributed by atoms with van der Waals surface area (Å²) in [6, 6.07) is 13.4. The van der Waals surface area contributed by atoms with Crippen molar-refractivity contribution in [3.8, 4) is 0 Å². The second-order valence-electron chi connectivity index (χ2n) is 4.41. The highest BCUT2D eigenvalue weighted by atomic mass is 19.1. The van der Waals surface area contributed by atoms with Gasteiger partial charge in [-0.25, -0.2) is 4.39 Å². The van der Waals surface area contributed by atoms with Crippen LogP contribution in [-0.4, -0.2) is 12.5 Å². The number of benzene rings is 2.